The topological polar surface area (TPSA) is 81.1 Å². The third kappa shape index (κ3) is 5.60. The minimum absolute atomic E-state index is 0.00133. The summed E-state index contributed by atoms with van der Waals surface area (Å²) in [4.78, 5) is 43.9. The molecule has 6 nitrogen and oxygen atoms in total. The van der Waals surface area contributed by atoms with Crippen LogP contribution in [0.25, 0.3) is 16.6 Å². The van der Waals surface area contributed by atoms with Gasteiger partial charge in [0.15, 0.2) is 10.9 Å². The van der Waals surface area contributed by atoms with E-state index in [-0.39, 0.29) is 34.2 Å². The molecule has 0 radical (unpaired) electrons. The molecule has 1 aliphatic rings. The van der Waals surface area contributed by atoms with Crippen LogP contribution < -0.4 is 10.9 Å². The first-order valence-corrected chi connectivity index (χ1v) is 13.3. The molecule has 3 aromatic carbocycles. The van der Waals surface area contributed by atoms with Crippen molar-refractivity contribution in [2.24, 2.45) is 0 Å². The number of Topliss-reactive ketones (excluding diaryl/α,β-unsaturated/α-hetero) is 1. The molecular formula is C28H23ClFN3O3S. The van der Waals surface area contributed by atoms with Crippen LogP contribution in [0, 0.1) is 5.82 Å². The van der Waals surface area contributed by atoms with Crippen molar-refractivity contribution in [2.75, 3.05) is 5.75 Å². The molecular weight excluding hydrogens is 513 g/mol. The Balaban J connectivity index is 1.52. The van der Waals surface area contributed by atoms with Crippen LogP contribution in [0.5, 0.6) is 0 Å². The molecule has 0 bridgehead atoms. The lowest BCUT2D eigenvalue weighted by molar-refractivity contribution is 0.0937. The summed E-state index contributed by atoms with van der Waals surface area (Å²) in [5.41, 5.74) is 1.25. The molecule has 5 rings (SSSR count). The van der Waals surface area contributed by atoms with Gasteiger partial charge in [0.2, 0.25) is 0 Å². The molecule has 4 aromatic rings. The third-order valence-corrected chi connectivity index (χ3v) is 7.53. The number of carbonyl (C=O) groups excluding carboxylic acids is 2. The van der Waals surface area contributed by atoms with Gasteiger partial charge in [0, 0.05) is 22.2 Å². The summed E-state index contributed by atoms with van der Waals surface area (Å²) in [5, 5.41) is 4.07. The van der Waals surface area contributed by atoms with Crippen LogP contribution in [0.2, 0.25) is 5.02 Å². The zero-order valence-corrected chi connectivity index (χ0v) is 21.3. The summed E-state index contributed by atoms with van der Waals surface area (Å²) in [6.07, 6.45) is 4.12. The Labute approximate surface area is 221 Å². The van der Waals surface area contributed by atoms with E-state index in [2.05, 4.69) is 10.3 Å². The first-order valence-electron chi connectivity index (χ1n) is 11.9. The summed E-state index contributed by atoms with van der Waals surface area (Å²) in [6.45, 7) is 0. The van der Waals surface area contributed by atoms with Crippen LogP contribution in [-0.2, 0) is 0 Å². The van der Waals surface area contributed by atoms with Gasteiger partial charge in [0.05, 0.1) is 22.3 Å². The number of hydrogen-bond acceptors (Lipinski definition) is 5. The smallest absolute Gasteiger partial charge is 0.266 e. The Morgan fingerprint density at radius 1 is 1.03 bits per heavy atom. The van der Waals surface area contributed by atoms with Crippen molar-refractivity contribution in [1.29, 1.82) is 0 Å². The molecule has 1 N–H and O–H groups in total. The molecule has 1 aromatic heterocycles. The van der Waals surface area contributed by atoms with Gasteiger partial charge < -0.3 is 5.32 Å². The van der Waals surface area contributed by atoms with Crippen molar-refractivity contribution in [3.05, 3.63) is 99.1 Å². The monoisotopic (exact) mass is 535 g/mol. The lowest BCUT2D eigenvalue weighted by Crippen LogP contribution is -2.32. The Bertz CT molecular complexity index is 1550. The first-order chi connectivity index (χ1) is 17.9. The number of aromatic nitrogens is 2. The van der Waals surface area contributed by atoms with Crippen LogP contribution in [0.1, 0.15) is 46.4 Å². The van der Waals surface area contributed by atoms with Gasteiger partial charge in [-0.15, -0.1) is 0 Å². The highest BCUT2D eigenvalue weighted by atomic mass is 35.5. The van der Waals surface area contributed by atoms with E-state index in [1.807, 2.05) is 0 Å². The van der Waals surface area contributed by atoms with Crippen molar-refractivity contribution < 1.29 is 14.0 Å². The Kier molecular flexibility index (Phi) is 7.39. The Morgan fingerprint density at radius 3 is 2.51 bits per heavy atom. The van der Waals surface area contributed by atoms with E-state index in [0.717, 1.165) is 37.4 Å². The predicted molar refractivity (Wildman–Crippen MR) is 144 cm³/mol. The molecule has 0 aliphatic heterocycles. The molecule has 1 amide bonds. The zero-order chi connectivity index (χ0) is 25.9. The summed E-state index contributed by atoms with van der Waals surface area (Å²) in [5.74, 6) is -0.823. The number of benzene rings is 3. The molecule has 1 aliphatic carbocycles. The fraction of sp³-hybridized carbons (Fsp3) is 0.214. The average molecular weight is 536 g/mol. The highest BCUT2D eigenvalue weighted by Gasteiger charge is 2.20. The standard InChI is InChI=1S/C28H23ClFN3O3S/c29-19-5-3-4-17(14-19)25(34)16-37-28-32-24-15-18(26(35)31-21-6-1-2-7-21)8-13-23(24)27(36)33(28)22-11-9-20(30)10-12-22/h3-5,8-15,21H,1-2,6-7,16H2,(H,31,35). The lowest BCUT2D eigenvalue weighted by Gasteiger charge is -2.15. The number of thioether (sulfide) groups is 1. The SMILES string of the molecule is O=C(CSc1nc2cc(C(=O)NC3CCCC3)ccc2c(=O)n1-c1ccc(F)cc1)c1cccc(Cl)c1. The zero-order valence-electron chi connectivity index (χ0n) is 19.7. The lowest BCUT2D eigenvalue weighted by atomic mass is 10.1. The molecule has 1 heterocycles. The summed E-state index contributed by atoms with van der Waals surface area (Å²) >= 11 is 7.11. The number of ketones is 1. The number of halogens is 2. The van der Waals surface area contributed by atoms with Gasteiger partial charge >= 0.3 is 0 Å². The molecule has 188 valence electrons. The molecule has 1 fully saturated rings. The van der Waals surface area contributed by atoms with Gasteiger partial charge in [-0.25, -0.2) is 9.37 Å². The largest absolute Gasteiger partial charge is 0.349 e. The highest BCUT2D eigenvalue weighted by Crippen LogP contribution is 2.24. The van der Waals surface area contributed by atoms with Crippen LogP contribution in [0.4, 0.5) is 4.39 Å². The van der Waals surface area contributed by atoms with E-state index >= 15 is 0 Å². The van der Waals surface area contributed by atoms with E-state index in [4.69, 9.17) is 11.6 Å². The van der Waals surface area contributed by atoms with E-state index in [1.165, 1.54) is 28.8 Å². The summed E-state index contributed by atoms with van der Waals surface area (Å²) in [6, 6.07) is 17.1. The van der Waals surface area contributed by atoms with E-state index in [1.54, 1.807) is 42.5 Å². The van der Waals surface area contributed by atoms with Crippen LogP contribution in [0.3, 0.4) is 0 Å². The Hall–Kier alpha value is -3.49. The van der Waals surface area contributed by atoms with Crippen LogP contribution in [0.15, 0.2) is 76.7 Å². The molecule has 0 saturated heterocycles. The van der Waals surface area contributed by atoms with Crippen LogP contribution in [-0.4, -0.2) is 33.0 Å². The quantitative estimate of drug-likeness (QED) is 0.183. The first kappa shape index (κ1) is 25.2. The predicted octanol–water partition coefficient (Wildman–Crippen LogP) is 5.83. The minimum atomic E-state index is -0.436. The van der Waals surface area contributed by atoms with Gasteiger partial charge in [0.1, 0.15) is 5.82 Å². The molecule has 9 heteroatoms. The van der Waals surface area contributed by atoms with Crippen molar-refractivity contribution >= 4 is 46.0 Å². The maximum absolute atomic E-state index is 13.6. The van der Waals surface area contributed by atoms with E-state index < -0.39 is 5.82 Å². The minimum Gasteiger partial charge on any atom is -0.349 e. The maximum atomic E-state index is 13.6. The second kappa shape index (κ2) is 10.9. The number of nitrogens with zero attached hydrogens (tertiary/aromatic N) is 2. The third-order valence-electron chi connectivity index (χ3n) is 6.35. The second-order valence-electron chi connectivity index (χ2n) is 8.92. The average Bonchev–Trinajstić information content (AvgIpc) is 3.41. The van der Waals surface area contributed by atoms with Gasteiger partial charge in [0.25, 0.3) is 11.5 Å². The van der Waals surface area contributed by atoms with Crippen molar-refractivity contribution in [3.63, 3.8) is 0 Å². The normalized spacial score (nSPS) is 13.7. The van der Waals surface area contributed by atoms with Gasteiger partial charge in [-0.2, -0.15) is 0 Å². The number of fused-ring (bicyclic) bond motifs is 1. The Morgan fingerprint density at radius 2 is 1.78 bits per heavy atom. The van der Waals surface area contributed by atoms with E-state index in [9.17, 15) is 18.8 Å². The highest BCUT2D eigenvalue weighted by molar-refractivity contribution is 7.99. The second-order valence-corrected chi connectivity index (χ2v) is 10.3. The van der Waals surface area contributed by atoms with Gasteiger partial charge in [-0.1, -0.05) is 48.3 Å². The van der Waals surface area contributed by atoms with Crippen molar-refractivity contribution in [2.45, 2.75) is 36.9 Å². The molecule has 1 saturated carbocycles. The number of hydrogen-bond donors (Lipinski definition) is 1. The molecule has 37 heavy (non-hydrogen) atoms. The summed E-state index contributed by atoms with van der Waals surface area (Å²) in [7, 11) is 0. The van der Waals surface area contributed by atoms with Gasteiger partial charge in [-0.3, -0.25) is 19.0 Å². The van der Waals surface area contributed by atoms with Crippen molar-refractivity contribution in [1.82, 2.24) is 14.9 Å². The molecule has 0 spiro atoms. The fourth-order valence-corrected chi connectivity index (χ4v) is 5.53. The van der Waals surface area contributed by atoms with Crippen LogP contribution >= 0.6 is 23.4 Å². The number of carbonyl (C=O) groups is 2. The number of nitrogens with one attached hydrogen (secondary N) is 1. The summed E-state index contributed by atoms with van der Waals surface area (Å²) < 4.78 is 15.0. The molecule has 0 unspecified atom stereocenters. The van der Waals surface area contributed by atoms with E-state index in [0.29, 0.717) is 32.7 Å². The number of amides is 1. The fourth-order valence-electron chi connectivity index (χ4n) is 4.44. The molecule has 0 atom stereocenters. The maximum Gasteiger partial charge on any atom is 0.266 e. The van der Waals surface area contributed by atoms with Crippen molar-refractivity contribution in [3.8, 4) is 5.69 Å². The van der Waals surface area contributed by atoms with Gasteiger partial charge in [-0.05, 0) is 67.4 Å². The number of rotatable bonds is 7.